The average Bonchev–Trinajstić information content (AvgIpc) is 2.43. The van der Waals surface area contributed by atoms with Gasteiger partial charge in [-0.25, -0.2) is 0 Å². The smallest absolute Gasteiger partial charge is 0.119 e. The Hall–Kier alpha value is -1.36. The Balaban J connectivity index is 2.42. The maximum absolute atomic E-state index is 5.84. The third-order valence-corrected chi connectivity index (χ3v) is 2.88. The lowest BCUT2D eigenvalue weighted by Crippen LogP contribution is -2.31. The molecule has 0 fully saturated rings. The molecule has 3 N–H and O–H groups in total. The van der Waals surface area contributed by atoms with Gasteiger partial charge in [0.05, 0.1) is 19.3 Å². The minimum Gasteiger partial charge on any atom is -0.491 e. The van der Waals surface area contributed by atoms with Crippen molar-refractivity contribution >= 4 is 0 Å². The van der Waals surface area contributed by atoms with E-state index in [0.717, 1.165) is 23.4 Å². The molecule has 0 aliphatic carbocycles. The molecule has 0 aliphatic heterocycles. The molecule has 118 valence electrons. The van der Waals surface area contributed by atoms with Crippen LogP contribution in [0, 0.1) is 0 Å². The first-order chi connectivity index (χ1) is 10.0. The molecule has 1 rings (SSSR count). The fourth-order valence-corrected chi connectivity index (χ4v) is 1.94. The van der Waals surface area contributed by atoms with Gasteiger partial charge in [0, 0.05) is 19.1 Å². The standard InChI is InChI=1S/C17H28N2O2/c1-13(2)12-20-10-9-19-17(11-18)15-5-7-16(8-6-15)21-14(3)4/h5-8,14,17,19H,1,9-12,18H2,2-4H3. The van der Waals surface area contributed by atoms with Crippen LogP contribution in [-0.2, 0) is 4.74 Å². The van der Waals surface area contributed by atoms with Crippen molar-refractivity contribution in [3.63, 3.8) is 0 Å². The summed E-state index contributed by atoms with van der Waals surface area (Å²) >= 11 is 0. The Morgan fingerprint density at radius 2 is 1.95 bits per heavy atom. The molecule has 1 aromatic rings. The highest BCUT2D eigenvalue weighted by molar-refractivity contribution is 5.29. The predicted molar refractivity (Wildman–Crippen MR) is 87.6 cm³/mol. The molecule has 21 heavy (non-hydrogen) atoms. The van der Waals surface area contributed by atoms with Gasteiger partial charge in [-0.15, -0.1) is 0 Å². The first kappa shape index (κ1) is 17.7. The minimum atomic E-state index is 0.131. The van der Waals surface area contributed by atoms with Crippen LogP contribution in [0.1, 0.15) is 32.4 Å². The fourth-order valence-electron chi connectivity index (χ4n) is 1.94. The number of rotatable bonds is 10. The van der Waals surface area contributed by atoms with Crippen LogP contribution < -0.4 is 15.8 Å². The van der Waals surface area contributed by atoms with Crippen LogP contribution in [0.25, 0.3) is 0 Å². The topological polar surface area (TPSA) is 56.5 Å². The summed E-state index contributed by atoms with van der Waals surface area (Å²) in [5, 5.41) is 3.40. The van der Waals surface area contributed by atoms with Crippen molar-refractivity contribution in [3.05, 3.63) is 42.0 Å². The molecule has 4 nitrogen and oxygen atoms in total. The second kappa shape index (κ2) is 9.55. The second-order valence-corrected chi connectivity index (χ2v) is 5.49. The molecule has 0 aliphatic rings. The lowest BCUT2D eigenvalue weighted by Gasteiger charge is -2.18. The Labute approximate surface area is 128 Å². The van der Waals surface area contributed by atoms with E-state index in [1.54, 1.807) is 0 Å². The van der Waals surface area contributed by atoms with Gasteiger partial charge in [-0.2, -0.15) is 0 Å². The average molecular weight is 292 g/mol. The molecule has 1 aromatic carbocycles. The van der Waals surface area contributed by atoms with Crippen molar-refractivity contribution < 1.29 is 9.47 Å². The molecule has 0 amide bonds. The Morgan fingerprint density at radius 3 is 2.48 bits per heavy atom. The van der Waals surface area contributed by atoms with E-state index >= 15 is 0 Å². The van der Waals surface area contributed by atoms with Crippen molar-refractivity contribution in [1.29, 1.82) is 0 Å². The van der Waals surface area contributed by atoms with E-state index in [9.17, 15) is 0 Å². The number of benzene rings is 1. The van der Waals surface area contributed by atoms with Gasteiger partial charge in [0.25, 0.3) is 0 Å². The lowest BCUT2D eigenvalue weighted by atomic mass is 10.1. The number of hydrogen-bond acceptors (Lipinski definition) is 4. The monoisotopic (exact) mass is 292 g/mol. The Morgan fingerprint density at radius 1 is 1.29 bits per heavy atom. The molecule has 0 radical (unpaired) electrons. The normalized spacial score (nSPS) is 12.4. The van der Waals surface area contributed by atoms with Crippen molar-refractivity contribution in [2.75, 3.05) is 26.3 Å². The van der Waals surface area contributed by atoms with Gasteiger partial charge < -0.3 is 20.5 Å². The highest BCUT2D eigenvalue weighted by Gasteiger charge is 2.09. The molecule has 1 atom stereocenters. The highest BCUT2D eigenvalue weighted by Crippen LogP contribution is 2.18. The molecule has 0 heterocycles. The van der Waals surface area contributed by atoms with Gasteiger partial charge in [0.2, 0.25) is 0 Å². The van der Waals surface area contributed by atoms with Crippen molar-refractivity contribution in [2.24, 2.45) is 5.73 Å². The zero-order chi connectivity index (χ0) is 15.7. The molecule has 0 saturated heterocycles. The zero-order valence-electron chi connectivity index (χ0n) is 13.4. The van der Waals surface area contributed by atoms with Gasteiger partial charge in [0.15, 0.2) is 0 Å². The number of nitrogens with one attached hydrogen (secondary N) is 1. The van der Waals surface area contributed by atoms with E-state index in [-0.39, 0.29) is 12.1 Å². The van der Waals surface area contributed by atoms with E-state index in [4.69, 9.17) is 15.2 Å². The summed E-state index contributed by atoms with van der Waals surface area (Å²) < 4.78 is 11.1. The second-order valence-electron chi connectivity index (χ2n) is 5.49. The summed E-state index contributed by atoms with van der Waals surface area (Å²) in [6.45, 7) is 12.4. The molecule has 0 spiro atoms. The molecule has 0 saturated carbocycles. The fraction of sp³-hybridized carbons (Fsp3) is 0.529. The number of hydrogen-bond donors (Lipinski definition) is 2. The first-order valence-corrected chi connectivity index (χ1v) is 7.45. The summed E-state index contributed by atoms with van der Waals surface area (Å²) in [4.78, 5) is 0. The van der Waals surface area contributed by atoms with E-state index in [2.05, 4.69) is 24.0 Å². The van der Waals surface area contributed by atoms with Crippen LogP contribution in [-0.4, -0.2) is 32.4 Å². The lowest BCUT2D eigenvalue weighted by molar-refractivity contribution is 0.155. The molecule has 4 heteroatoms. The Kier molecular flexibility index (Phi) is 8.05. The summed E-state index contributed by atoms with van der Waals surface area (Å²) in [6.07, 6.45) is 0.185. The van der Waals surface area contributed by atoms with E-state index in [1.165, 1.54) is 0 Å². The van der Waals surface area contributed by atoms with Gasteiger partial charge in [0.1, 0.15) is 5.75 Å². The van der Waals surface area contributed by atoms with Gasteiger partial charge in [-0.05, 0) is 38.5 Å². The van der Waals surface area contributed by atoms with Crippen LogP contribution >= 0.6 is 0 Å². The summed E-state index contributed by atoms with van der Waals surface area (Å²) in [5.41, 5.74) is 8.03. The van der Waals surface area contributed by atoms with Crippen LogP contribution in [0.15, 0.2) is 36.4 Å². The molecular formula is C17H28N2O2. The third-order valence-electron chi connectivity index (χ3n) is 2.88. The van der Waals surface area contributed by atoms with Crippen LogP contribution in [0.2, 0.25) is 0 Å². The van der Waals surface area contributed by atoms with E-state index in [0.29, 0.717) is 19.8 Å². The van der Waals surface area contributed by atoms with Gasteiger partial charge in [-0.1, -0.05) is 24.3 Å². The SMILES string of the molecule is C=C(C)COCCNC(CN)c1ccc(OC(C)C)cc1. The molecular weight excluding hydrogens is 264 g/mol. The maximum Gasteiger partial charge on any atom is 0.119 e. The predicted octanol–water partition coefficient (Wildman–Crippen LogP) is 2.66. The van der Waals surface area contributed by atoms with Crippen LogP contribution in [0.4, 0.5) is 0 Å². The Bertz CT molecular complexity index is 415. The van der Waals surface area contributed by atoms with E-state index in [1.807, 2.05) is 32.9 Å². The van der Waals surface area contributed by atoms with Crippen molar-refractivity contribution in [3.8, 4) is 5.75 Å². The summed E-state index contributed by atoms with van der Waals surface area (Å²) in [5.74, 6) is 0.884. The van der Waals surface area contributed by atoms with Gasteiger partial charge >= 0.3 is 0 Å². The van der Waals surface area contributed by atoms with Gasteiger partial charge in [-0.3, -0.25) is 0 Å². The highest BCUT2D eigenvalue weighted by atomic mass is 16.5. The van der Waals surface area contributed by atoms with Crippen LogP contribution in [0.3, 0.4) is 0 Å². The maximum atomic E-state index is 5.84. The number of ether oxygens (including phenoxy) is 2. The van der Waals surface area contributed by atoms with Crippen molar-refractivity contribution in [2.45, 2.75) is 32.9 Å². The third kappa shape index (κ3) is 7.27. The van der Waals surface area contributed by atoms with Crippen LogP contribution in [0.5, 0.6) is 5.75 Å². The first-order valence-electron chi connectivity index (χ1n) is 7.45. The quantitative estimate of drug-likeness (QED) is 0.514. The largest absolute Gasteiger partial charge is 0.491 e. The minimum absolute atomic E-state index is 0.131. The summed E-state index contributed by atoms with van der Waals surface area (Å²) in [7, 11) is 0. The molecule has 1 unspecified atom stereocenters. The zero-order valence-corrected chi connectivity index (χ0v) is 13.4. The number of nitrogens with two attached hydrogens (primary N) is 1. The molecule has 0 bridgehead atoms. The van der Waals surface area contributed by atoms with E-state index < -0.39 is 0 Å². The summed E-state index contributed by atoms with van der Waals surface area (Å²) in [6, 6.07) is 8.20. The van der Waals surface area contributed by atoms with Crippen molar-refractivity contribution in [1.82, 2.24) is 5.32 Å². The molecule has 0 aromatic heterocycles.